The Kier molecular flexibility index (Phi) is 1.77. The van der Waals surface area contributed by atoms with Gasteiger partial charge in [-0.1, -0.05) is 0 Å². The van der Waals surface area contributed by atoms with Crippen molar-refractivity contribution in [3.05, 3.63) is 28.6 Å². The highest BCUT2D eigenvalue weighted by molar-refractivity contribution is 7.71. The molecular formula is C9H7NO2S. The average Bonchev–Trinajstić information content (AvgIpc) is 2.42. The molecule has 2 rings (SSSR count). The highest BCUT2D eigenvalue weighted by Gasteiger charge is 2.03. The summed E-state index contributed by atoms with van der Waals surface area (Å²) in [6.07, 6.45) is 0. The van der Waals surface area contributed by atoms with Crippen molar-refractivity contribution < 1.29 is 9.21 Å². The van der Waals surface area contributed by atoms with E-state index in [1.54, 1.807) is 18.2 Å². The molecule has 0 saturated heterocycles. The first-order valence-corrected chi connectivity index (χ1v) is 4.21. The number of fused-ring (bicyclic) bond motifs is 1. The van der Waals surface area contributed by atoms with E-state index in [4.69, 9.17) is 16.6 Å². The number of ketones is 1. The minimum atomic E-state index is 0.0300. The molecule has 13 heavy (non-hydrogen) atoms. The maximum Gasteiger partial charge on any atom is 0.266 e. The van der Waals surface area contributed by atoms with Crippen LogP contribution in [-0.2, 0) is 0 Å². The molecule has 0 aliphatic heterocycles. The Labute approximate surface area is 79.4 Å². The highest BCUT2D eigenvalue weighted by Crippen LogP contribution is 2.15. The number of carbonyl (C=O) groups excluding carboxylic acids is 1. The number of carbonyl (C=O) groups is 1. The third kappa shape index (κ3) is 1.40. The van der Waals surface area contributed by atoms with E-state index < -0.39 is 0 Å². The van der Waals surface area contributed by atoms with Crippen molar-refractivity contribution in [1.29, 1.82) is 0 Å². The number of hydrogen-bond donors (Lipinski definition) is 1. The second-order valence-corrected chi connectivity index (χ2v) is 3.15. The van der Waals surface area contributed by atoms with Crippen LogP contribution in [0.1, 0.15) is 17.3 Å². The molecule has 0 amide bonds. The Morgan fingerprint density at radius 3 is 3.00 bits per heavy atom. The summed E-state index contributed by atoms with van der Waals surface area (Å²) in [7, 11) is 0. The molecule has 0 bridgehead atoms. The van der Waals surface area contributed by atoms with Crippen LogP contribution in [0.4, 0.5) is 0 Å². The van der Waals surface area contributed by atoms with Crippen LogP contribution in [0.15, 0.2) is 22.6 Å². The van der Waals surface area contributed by atoms with Crippen LogP contribution < -0.4 is 0 Å². The summed E-state index contributed by atoms with van der Waals surface area (Å²) in [6.45, 7) is 1.52. The summed E-state index contributed by atoms with van der Waals surface area (Å²) < 4.78 is 5.15. The molecule has 0 aliphatic carbocycles. The minimum Gasteiger partial charge on any atom is -0.429 e. The molecule has 0 fully saturated rings. The van der Waals surface area contributed by atoms with E-state index in [-0.39, 0.29) is 5.78 Å². The number of oxazole rings is 1. The van der Waals surface area contributed by atoms with Crippen molar-refractivity contribution in [3.63, 3.8) is 0 Å². The molecule has 3 nitrogen and oxygen atoms in total. The third-order valence-electron chi connectivity index (χ3n) is 1.83. The van der Waals surface area contributed by atoms with Gasteiger partial charge in [0.05, 0.1) is 5.52 Å². The molecule has 0 unspecified atom stereocenters. The van der Waals surface area contributed by atoms with Crippen molar-refractivity contribution in [2.24, 2.45) is 0 Å². The van der Waals surface area contributed by atoms with Gasteiger partial charge in [-0.25, -0.2) is 0 Å². The summed E-state index contributed by atoms with van der Waals surface area (Å²) in [5.74, 6) is 0.0300. The number of hydrogen-bond acceptors (Lipinski definition) is 3. The van der Waals surface area contributed by atoms with Gasteiger partial charge in [0, 0.05) is 5.56 Å². The molecule has 0 atom stereocenters. The number of nitrogens with one attached hydrogen (secondary N) is 1. The third-order valence-corrected chi connectivity index (χ3v) is 2.01. The molecular weight excluding hydrogens is 186 g/mol. The number of Topliss-reactive ketones (excluding diaryl/α,β-unsaturated/α-hetero) is 1. The molecule has 1 N–H and O–H groups in total. The Hall–Kier alpha value is -1.42. The van der Waals surface area contributed by atoms with E-state index in [1.165, 1.54) is 6.92 Å². The molecule has 1 aromatic carbocycles. The van der Waals surface area contributed by atoms with Crippen LogP contribution in [0.2, 0.25) is 0 Å². The molecule has 2 aromatic rings. The molecule has 1 aromatic heterocycles. The predicted octanol–water partition coefficient (Wildman–Crippen LogP) is 2.69. The fraction of sp³-hybridized carbons (Fsp3) is 0.111. The molecule has 0 spiro atoms. The predicted molar refractivity (Wildman–Crippen MR) is 51.4 cm³/mol. The van der Waals surface area contributed by atoms with Gasteiger partial charge in [0.1, 0.15) is 0 Å². The lowest BCUT2D eigenvalue weighted by Crippen LogP contribution is -1.90. The molecule has 4 heteroatoms. The molecule has 66 valence electrons. The van der Waals surface area contributed by atoms with Crippen molar-refractivity contribution >= 4 is 29.1 Å². The van der Waals surface area contributed by atoms with Gasteiger partial charge in [-0.2, -0.15) is 0 Å². The van der Waals surface area contributed by atoms with Gasteiger partial charge in [0.25, 0.3) is 4.84 Å². The highest BCUT2D eigenvalue weighted by atomic mass is 32.1. The number of aromatic amines is 1. The van der Waals surface area contributed by atoms with Crippen LogP contribution in [-0.4, -0.2) is 10.8 Å². The first-order valence-electron chi connectivity index (χ1n) is 3.80. The molecule has 0 radical (unpaired) electrons. The number of rotatable bonds is 1. The van der Waals surface area contributed by atoms with Crippen molar-refractivity contribution in [3.8, 4) is 0 Å². The topological polar surface area (TPSA) is 46.0 Å². The van der Waals surface area contributed by atoms with Gasteiger partial charge >= 0.3 is 0 Å². The second kappa shape index (κ2) is 2.81. The van der Waals surface area contributed by atoms with Gasteiger partial charge in [0.2, 0.25) is 0 Å². The average molecular weight is 193 g/mol. The fourth-order valence-corrected chi connectivity index (χ4v) is 1.37. The summed E-state index contributed by atoms with van der Waals surface area (Å²) in [6, 6.07) is 5.19. The van der Waals surface area contributed by atoms with Crippen LogP contribution in [0.3, 0.4) is 0 Å². The summed E-state index contributed by atoms with van der Waals surface area (Å²) >= 11 is 4.81. The number of benzene rings is 1. The zero-order valence-electron chi connectivity index (χ0n) is 6.96. The Morgan fingerprint density at radius 2 is 2.31 bits per heavy atom. The van der Waals surface area contributed by atoms with Crippen LogP contribution in [0, 0.1) is 4.84 Å². The van der Waals surface area contributed by atoms with Gasteiger partial charge < -0.3 is 9.40 Å². The standard InChI is InChI=1S/C9H7NO2S/c1-5(11)6-2-3-8-7(4-6)10-9(13)12-8/h2-4H,1H3,(H,10,13). The van der Waals surface area contributed by atoms with Crippen LogP contribution in [0.25, 0.3) is 11.1 Å². The van der Waals surface area contributed by atoms with E-state index >= 15 is 0 Å². The van der Waals surface area contributed by atoms with Crippen LogP contribution >= 0.6 is 12.2 Å². The zero-order chi connectivity index (χ0) is 9.42. The fourth-order valence-electron chi connectivity index (χ4n) is 1.17. The van der Waals surface area contributed by atoms with Crippen LogP contribution in [0.5, 0.6) is 0 Å². The lowest BCUT2D eigenvalue weighted by molar-refractivity contribution is 0.101. The normalized spacial score (nSPS) is 10.5. The Morgan fingerprint density at radius 1 is 1.54 bits per heavy atom. The SMILES string of the molecule is CC(=O)c1ccc2oc(=S)[nH]c2c1. The summed E-state index contributed by atoms with van der Waals surface area (Å²) in [5.41, 5.74) is 2.09. The van der Waals surface area contributed by atoms with Crippen molar-refractivity contribution in [2.75, 3.05) is 0 Å². The van der Waals surface area contributed by atoms with Crippen molar-refractivity contribution in [2.45, 2.75) is 6.92 Å². The summed E-state index contributed by atoms with van der Waals surface area (Å²) in [5, 5.41) is 0. The van der Waals surface area contributed by atoms with E-state index in [0.717, 1.165) is 5.52 Å². The zero-order valence-corrected chi connectivity index (χ0v) is 7.77. The van der Waals surface area contributed by atoms with E-state index in [2.05, 4.69) is 4.98 Å². The maximum atomic E-state index is 11.0. The largest absolute Gasteiger partial charge is 0.429 e. The summed E-state index contributed by atoms with van der Waals surface area (Å²) in [4.78, 5) is 14.2. The molecule has 0 aliphatic rings. The number of H-pyrrole nitrogens is 1. The first kappa shape index (κ1) is 8.19. The van der Waals surface area contributed by atoms with E-state index in [9.17, 15) is 4.79 Å². The Bertz CT molecular complexity index is 524. The quantitative estimate of drug-likeness (QED) is 0.559. The smallest absolute Gasteiger partial charge is 0.266 e. The molecule has 1 heterocycles. The maximum absolute atomic E-state index is 11.0. The Balaban J connectivity index is 2.74. The minimum absolute atomic E-state index is 0.0300. The monoisotopic (exact) mass is 193 g/mol. The first-order chi connectivity index (χ1) is 6.16. The van der Waals surface area contributed by atoms with Crippen molar-refractivity contribution in [1.82, 2.24) is 4.98 Å². The van der Waals surface area contributed by atoms with Gasteiger partial charge in [0.15, 0.2) is 11.4 Å². The van der Waals surface area contributed by atoms with Gasteiger partial charge in [-0.15, -0.1) is 0 Å². The van der Waals surface area contributed by atoms with Gasteiger partial charge in [-0.05, 0) is 37.3 Å². The second-order valence-electron chi connectivity index (χ2n) is 2.78. The lowest BCUT2D eigenvalue weighted by atomic mass is 10.1. The van der Waals surface area contributed by atoms with Gasteiger partial charge in [-0.3, -0.25) is 4.79 Å². The van der Waals surface area contributed by atoms with E-state index in [1.807, 2.05) is 0 Å². The molecule has 0 saturated carbocycles. The lowest BCUT2D eigenvalue weighted by Gasteiger charge is -1.92. The number of aromatic nitrogens is 1. The van der Waals surface area contributed by atoms with E-state index in [0.29, 0.717) is 16.0 Å².